The molecule has 0 spiro atoms. The number of carbonyl (C=O) groups is 3. The van der Waals surface area contributed by atoms with Gasteiger partial charge in [-0.2, -0.15) is 0 Å². The number of rotatable bonds is 6. The highest BCUT2D eigenvalue weighted by atomic mass is 35.5. The molecule has 1 aliphatic heterocycles. The van der Waals surface area contributed by atoms with Crippen LogP contribution in [0.2, 0.25) is 5.02 Å². The van der Waals surface area contributed by atoms with E-state index in [2.05, 4.69) is 15.4 Å². The maximum atomic E-state index is 12.2. The number of hydrogen-bond donors (Lipinski definition) is 3. The number of benzene rings is 1. The van der Waals surface area contributed by atoms with Crippen molar-refractivity contribution >= 4 is 29.4 Å². The Hall–Kier alpha value is -2.12. The van der Waals surface area contributed by atoms with E-state index in [4.69, 9.17) is 11.6 Å². The van der Waals surface area contributed by atoms with Gasteiger partial charge in [-0.3, -0.25) is 14.4 Å². The molecule has 130 valence electrons. The number of methoxy groups -OCH3 is 1. The molecule has 1 aliphatic rings. The summed E-state index contributed by atoms with van der Waals surface area (Å²) < 4.78 is 4.63. The van der Waals surface area contributed by atoms with Gasteiger partial charge < -0.3 is 20.3 Å². The van der Waals surface area contributed by atoms with Crippen LogP contribution in [0.5, 0.6) is 0 Å². The zero-order valence-electron chi connectivity index (χ0n) is 13.4. The second kappa shape index (κ2) is 8.65. The smallest absolute Gasteiger partial charge is 0.312 e. The van der Waals surface area contributed by atoms with Crippen molar-refractivity contribution in [3.63, 3.8) is 0 Å². The Balaban J connectivity index is 1.90. The first-order valence-corrected chi connectivity index (χ1v) is 8.07. The lowest BCUT2D eigenvalue weighted by molar-refractivity contribution is -0.909. The van der Waals surface area contributed by atoms with Gasteiger partial charge in [0.05, 0.1) is 20.2 Å². The van der Waals surface area contributed by atoms with Gasteiger partial charge in [0.15, 0.2) is 12.6 Å². The van der Waals surface area contributed by atoms with Crippen molar-refractivity contribution in [3.8, 4) is 0 Å². The highest BCUT2D eigenvalue weighted by molar-refractivity contribution is 6.30. The SMILES string of the molecule is COC(=O)C[C@H]1C(=O)NCC[NH+]1CC(=O)NCc1cccc(Cl)c1. The van der Waals surface area contributed by atoms with Gasteiger partial charge in [-0.1, -0.05) is 23.7 Å². The summed E-state index contributed by atoms with van der Waals surface area (Å²) in [4.78, 5) is 36.4. The van der Waals surface area contributed by atoms with Gasteiger partial charge in [-0.15, -0.1) is 0 Å². The van der Waals surface area contributed by atoms with Crippen molar-refractivity contribution in [1.82, 2.24) is 10.6 Å². The third-order valence-corrected chi connectivity index (χ3v) is 4.15. The van der Waals surface area contributed by atoms with Crippen LogP contribution in [0.25, 0.3) is 0 Å². The van der Waals surface area contributed by atoms with Crippen LogP contribution in [-0.4, -0.2) is 50.6 Å². The maximum Gasteiger partial charge on any atom is 0.312 e. The fourth-order valence-corrected chi connectivity index (χ4v) is 2.86. The van der Waals surface area contributed by atoms with Crippen LogP contribution in [0.3, 0.4) is 0 Å². The molecule has 3 N–H and O–H groups in total. The highest BCUT2D eigenvalue weighted by Gasteiger charge is 2.36. The predicted octanol–water partition coefficient (Wildman–Crippen LogP) is -1.10. The highest BCUT2D eigenvalue weighted by Crippen LogP contribution is 2.10. The maximum absolute atomic E-state index is 12.2. The molecule has 0 bridgehead atoms. The molecule has 2 atom stereocenters. The number of amides is 2. The number of ether oxygens (including phenoxy) is 1. The van der Waals surface area contributed by atoms with Crippen molar-refractivity contribution < 1.29 is 24.0 Å². The van der Waals surface area contributed by atoms with E-state index in [9.17, 15) is 14.4 Å². The number of esters is 1. The molecule has 2 rings (SSSR count). The number of quaternary nitrogens is 1. The van der Waals surface area contributed by atoms with E-state index in [1.54, 1.807) is 12.1 Å². The van der Waals surface area contributed by atoms with Crippen LogP contribution < -0.4 is 15.5 Å². The lowest BCUT2D eigenvalue weighted by Gasteiger charge is -2.30. The molecule has 1 unspecified atom stereocenters. The lowest BCUT2D eigenvalue weighted by atomic mass is 10.1. The molecular formula is C16H21ClN3O4+. The van der Waals surface area contributed by atoms with Gasteiger partial charge in [-0.05, 0) is 17.7 Å². The molecule has 1 aromatic carbocycles. The third-order valence-electron chi connectivity index (χ3n) is 3.92. The van der Waals surface area contributed by atoms with Gasteiger partial charge in [0.1, 0.15) is 6.42 Å². The van der Waals surface area contributed by atoms with Crippen LogP contribution in [0.4, 0.5) is 0 Å². The topological polar surface area (TPSA) is 88.9 Å². The zero-order chi connectivity index (χ0) is 17.5. The van der Waals surface area contributed by atoms with Crippen molar-refractivity contribution in [1.29, 1.82) is 0 Å². The van der Waals surface area contributed by atoms with E-state index in [0.717, 1.165) is 10.5 Å². The van der Waals surface area contributed by atoms with Crippen LogP contribution >= 0.6 is 11.6 Å². The Morgan fingerprint density at radius 2 is 2.25 bits per heavy atom. The minimum absolute atomic E-state index is 0.0424. The van der Waals surface area contributed by atoms with E-state index in [1.807, 2.05) is 12.1 Å². The van der Waals surface area contributed by atoms with Crippen LogP contribution in [0, 0.1) is 0 Å². The van der Waals surface area contributed by atoms with Crippen molar-refractivity contribution in [3.05, 3.63) is 34.9 Å². The van der Waals surface area contributed by atoms with Gasteiger partial charge >= 0.3 is 5.97 Å². The molecule has 7 nitrogen and oxygen atoms in total. The molecule has 1 saturated heterocycles. The van der Waals surface area contributed by atoms with Crippen molar-refractivity contribution in [2.75, 3.05) is 26.7 Å². The molecule has 0 radical (unpaired) electrons. The van der Waals surface area contributed by atoms with Gasteiger partial charge in [0, 0.05) is 11.6 Å². The van der Waals surface area contributed by atoms with Gasteiger partial charge in [-0.25, -0.2) is 0 Å². The van der Waals surface area contributed by atoms with E-state index in [1.165, 1.54) is 7.11 Å². The minimum Gasteiger partial charge on any atom is -0.469 e. The largest absolute Gasteiger partial charge is 0.469 e. The Morgan fingerprint density at radius 1 is 1.46 bits per heavy atom. The Kier molecular flexibility index (Phi) is 6.57. The molecule has 0 saturated carbocycles. The second-order valence-corrected chi connectivity index (χ2v) is 6.05. The summed E-state index contributed by atoms with van der Waals surface area (Å²) in [6, 6.07) is 6.62. The molecule has 8 heteroatoms. The van der Waals surface area contributed by atoms with Gasteiger partial charge in [0.2, 0.25) is 0 Å². The molecule has 0 aliphatic carbocycles. The number of carbonyl (C=O) groups excluding carboxylic acids is 3. The van der Waals surface area contributed by atoms with E-state index >= 15 is 0 Å². The summed E-state index contributed by atoms with van der Waals surface area (Å²) in [6.45, 7) is 1.54. The van der Waals surface area contributed by atoms with Crippen molar-refractivity contribution in [2.24, 2.45) is 0 Å². The average Bonchev–Trinajstić information content (AvgIpc) is 2.56. The van der Waals surface area contributed by atoms with E-state index < -0.39 is 12.0 Å². The Bertz CT molecular complexity index is 623. The quantitative estimate of drug-likeness (QED) is 0.566. The standard InChI is InChI=1S/C16H20ClN3O4/c1-24-15(22)8-13-16(23)18-5-6-20(13)10-14(21)19-9-11-3-2-4-12(17)7-11/h2-4,7,13H,5-6,8-10H2,1H3,(H,18,23)(H,19,21)/p+1/t13-/m0/s1. The number of hydrogen-bond acceptors (Lipinski definition) is 4. The summed E-state index contributed by atoms with van der Waals surface area (Å²) >= 11 is 5.91. The summed E-state index contributed by atoms with van der Waals surface area (Å²) in [5.41, 5.74) is 0.897. The molecule has 24 heavy (non-hydrogen) atoms. The van der Waals surface area contributed by atoms with Crippen molar-refractivity contribution in [2.45, 2.75) is 19.0 Å². The summed E-state index contributed by atoms with van der Waals surface area (Å²) in [5.74, 6) is -0.882. The average molecular weight is 355 g/mol. The Labute approximate surface area is 145 Å². The lowest BCUT2D eigenvalue weighted by Crippen LogP contribution is -3.20. The molecule has 2 amide bonds. The summed E-state index contributed by atoms with van der Waals surface area (Å²) in [5, 5.41) is 6.13. The Morgan fingerprint density at radius 3 is 2.96 bits per heavy atom. The minimum atomic E-state index is -0.608. The van der Waals surface area contributed by atoms with Crippen LogP contribution in [0.1, 0.15) is 12.0 Å². The normalized spacial score (nSPS) is 20.2. The first-order chi connectivity index (χ1) is 11.5. The van der Waals surface area contributed by atoms with Gasteiger partial charge in [0.25, 0.3) is 11.8 Å². The first-order valence-electron chi connectivity index (χ1n) is 7.70. The number of piperazine rings is 1. The number of halogens is 1. The molecule has 1 heterocycles. The summed E-state index contributed by atoms with van der Waals surface area (Å²) in [6.07, 6.45) is -0.0424. The molecule has 1 fully saturated rings. The fraction of sp³-hybridized carbons (Fsp3) is 0.438. The van der Waals surface area contributed by atoms with E-state index in [-0.39, 0.29) is 24.8 Å². The first kappa shape index (κ1) is 18.2. The van der Waals surface area contributed by atoms with Crippen LogP contribution in [-0.2, 0) is 25.7 Å². The second-order valence-electron chi connectivity index (χ2n) is 5.62. The van der Waals surface area contributed by atoms with E-state index in [0.29, 0.717) is 24.7 Å². The third kappa shape index (κ3) is 5.21. The monoisotopic (exact) mass is 354 g/mol. The number of nitrogens with one attached hydrogen (secondary N) is 3. The molecule has 0 aromatic heterocycles. The fourth-order valence-electron chi connectivity index (χ4n) is 2.64. The molecule has 1 aromatic rings. The summed E-state index contributed by atoms with van der Waals surface area (Å²) in [7, 11) is 1.28. The predicted molar refractivity (Wildman–Crippen MR) is 87.4 cm³/mol. The van der Waals surface area contributed by atoms with Crippen LogP contribution in [0.15, 0.2) is 24.3 Å². The molecular weight excluding hydrogens is 334 g/mol. The zero-order valence-corrected chi connectivity index (χ0v) is 14.2.